The van der Waals surface area contributed by atoms with Crippen LogP contribution in [0.5, 0.6) is 11.5 Å². The Bertz CT molecular complexity index is 673. The average molecular weight is 413 g/mol. The molecule has 0 spiro atoms. The molecule has 29 heavy (non-hydrogen) atoms. The van der Waals surface area contributed by atoms with Crippen LogP contribution in [0.4, 0.5) is 0 Å². The smallest absolute Gasteiger partial charge is 0.126 e. The van der Waals surface area contributed by atoms with Crippen molar-refractivity contribution in [2.75, 3.05) is 14.2 Å². The van der Waals surface area contributed by atoms with Crippen LogP contribution in [0.1, 0.15) is 75.7 Å². The molecular weight excluding hydrogens is 375 g/mol. The molecule has 3 heteroatoms. The average Bonchev–Trinajstić information content (AvgIpc) is 2.80. The minimum Gasteiger partial charge on any atom is -0.496 e. The van der Waals surface area contributed by atoms with Gasteiger partial charge in [0.15, 0.2) is 0 Å². The lowest BCUT2D eigenvalue weighted by molar-refractivity contribution is 0.382. The first-order valence-electron chi connectivity index (χ1n) is 11.7. The largest absolute Gasteiger partial charge is 0.496 e. The van der Waals surface area contributed by atoms with Gasteiger partial charge in [0.25, 0.3) is 0 Å². The Hall–Kier alpha value is -1.27. The predicted molar refractivity (Wildman–Crippen MR) is 125 cm³/mol. The van der Waals surface area contributed by atoms with Crippen molar-refractivity contribution in [1.82, 2.24) is 0 Å². The van der Waals surface area contributed by atoms with Crippen LogP contribution in [0.25, 0.3) is 0 Å². The van der Waals surface area contributed by atoms with E-state index in [9.17, 15) is 0 Å². The molecule has 2 nitrogen and oxygen atoms in total. The fraction of sp³-hybridized carbons (Fsp3) is 0.615. The van der Waals surface area contributed by atoms with E-state index in [2.05, 4.69) is 36.4 Å². The van der Waals surface area contributed by atoms with Crippen LogP contribution in [0.3, 0.4) is 0 Å². The molecule has 158 valence electrons. The number of benzene rings is 1. The van der Waals surface area contributed by atoms with E-state index < -0.39 is 0 Å². The minimum absolute atomic E-state index is 0.0620. The highest BCUT2D eigenvalue weighted by Crippen LogP contribution is 2.63. The van der Waals surface area contributed by atoms with E-state index >= 15 is 0 Å². The molecule has 1 aromatic carbocycles. The minimum atomic E-state index is -0.0620. The van der Waals surface area contributed by atoms with Gasteiger partial charge < -0.3 is 9.47 Å². The van der Waals surface area contributed by atoms with Crippen LogP contribution >= 0.6 is 7.92 Å². The summed E-state index contributed by atoms with van der Waals surface area (Å²) < 4.78 is 11.7. The van der Waals surface area contributed by atoms with Gasteiger partial charge in [-0.2, -0.15) is 0 Å². The van der Waals surface area contributed by atoms with Gasteiger partial charge in [0.1, 0.15) is 11.5 Å². The SMILES string of the molecule is COc1cccc(OC)c1C1C=CC=CC1P(C1CCCCC1)C1CCCCC1. The van der Waals surface area contributed by atoms with Crippen molar-refractivity contribution in [3.8, 4) is 11.5 Å². The third kappa shape index (κ3) is 4.58. The molecular formula is C26H37O2P. The van der Waals surface area contributed by atoms with Crippen molar-refractivity contribution >= 4 is 7.92 Å². The maximum absolute atomic E-state index is 5.83. The van der Waals surface area contributed by atoms with Crippen LogP contribution in [0.2, 0.25) is 0 Å². The number of methoxy groups -OCH3 is 2. The van der Waals surface area contributed by atoms with Gasteiger partial charge in [-0.1, -0.05) is 76.8 Å². The van der Waals surface area contributed by atoms with E-state index in [-0.39, 0.29) is 7.92 Å². The summed E-state index contributed by atoms with van der Waals surface area (Å²) in [5, 5.41) is 0. The molecule has 0 aliphatic heterocycles. The van der Waals surface area contributed by atoms with Crippen molar-refractivity contribution in [3.63, 3.8) is 0 Å². The number of ether oxygens (including phenoxy) is 2. The quantitative estimate of drug-likeness (QED) is 0.452. The molecule has 0 aromatic heterocycles. The van der Waals surface area contributed by atoms with Gasteiger partial charge >= 0.3 is 0 Å². The van der Waals surface area contributed by atoms with E-state index in [4.69, 9.17) is 9.47 Å². The van der Waals surface area contributed by atoms with Crippen molar-refractivity contribution in [2.45, 2.75) is 87.1 Å². The topological polar surface area (TPSA) is 18.5 Å². The standard InChI is InChI=1S/C26H37O2P/c1-27-23-17-11-18-24(28-2)26(23)22-16-9-10-19-25(22)29(20-12-5-3-6-13-20)21-14-7-4-8-15-21/h9-11,16-22,25H,3-8,12-15H2,1-2H3. The maximum atomic E-state index is 5.83. The number of hydrogen-bond acceptors (Lipinski definition) is 2. The van der Waals surface area contributed by atoms with Gasteiger partial charge in [-0.05, 0) is 49.1 Å². The maximum Gasteiger partial charge on any atom is 0.126 e. The second-order valence-electron chi connectivity index (χ2n) is 8.89. The number of rotatable bonds is 6. The Morgan fingerprint density at radius 3 is 1.76 bits per heavy atom. The van der Waals surface area contributed by atoms with Crippen molar-refractivity contribution in [2.24, 2.45) is 0 Å². The van der Waals surface area contributed by atoms with E-state index in [1.165, 1.54) is 69.8 Å². The van der Waals surface area contributed by atoms with Crippen LogP contribution in [0, 0.1) is 0 Å². The molecule has 3 aliphatic rings. The van der Waals surface area contributed by atoms with E-state index in [1.807, 2.05) is 6.07 Å². The first-order valence-corrected chi connectivity index (χ1v) is 13.2. The summed E-state index contributed by atoms with van der Waals surface area (Å²) >= 11 is 0. The van der Waals surface area contributed by atoms with Gasteiger partial charge in [0.2, 0.25) is 0 Å². The van der Waals surface area contributed by atoms with Crippen LogP contribution in [0.15, 0.2) is 42.5 Å². The first-order chi connectivity index (χ1) is 14.3. The predicted octanol–water partition coefficient (Wildman–Crippen LogP) is 7.43. The summed E-state index contributed by atoms with van der Waals surface area (Å²) in [4.78, 5) is 0. The Balaban J connectivity index is 1.72. The highest BCUT2D eigenvalue weighted by molar-refractivity contribution is 7.60. The second-order valence-corrected chi connectivity index (χ2v) is 11.8. The van der Waals surface area contributed by atoms with Crippen molar-refractivity contribution in [1.29, 1.82) is 0 Å². The Morgan fingerprint density at radius 2 is 1.24 bits per heavy atom. The lowest BCUT2D eigenvalue weighted by atomic mass is 9.90. The molecule has 0 bridgehead atoms. The van der Waals surface area contributed by atoms with Crippen LogP contribution in [-0.2, 0) is 0 Å². The summed E-state index contributed by atoms with van der Waals surface area (Å²) in [6, 6.07) is 6.25. The molecule has 4 rings (SSSR count). The molecule has 0 radical (unpaired) electrons. The van der Waals surface area contributed by atoms with Crippen LogP contribution in [-0.4, -0.2) is 31.2 Å². The Morgan fingerprint density at radius 1 is 0.724 bits per heavy atom. The fourth-order valence-corrected chi connectivity index (χ4v) is 10.3. The Labute approximate surface area is 178 Å². The summed E-state index contributed by atoms with van der Waals surface area (Å²) in [5.41, 5.74) is 3.73. The highest BCUT2D eigenvalue weighted by atomic mass is 31.1. The second kappa shape index (κ2) is 10.2. The van der Waals surface area contributed by atoms with Gasteiger partial charge in [-0.15, -0.1) is 0 Å². The highest BCUT2D eigenvalue weighted by Gasteiger charge is 2.40. The van der Waals surface area contributed by atoms with Gasteiger partial charge in [0.05, 0.1) is 14.2 Å². The van der Waals surface area contributed by atoms with E-state index in [0.717, 1.165) is 22.8 Å². The van der Waals surface area contributed by atoms with Crippen molar-refractivity contribution in [3.05, 3.63) is 48.1 Å². The molecule has 0 saturated heterocycles. The number of hydrogen-bond donors (Lipinski definition) is 0. The summed E-state index contributed by atoms with van der Waals surface area (Å²) in [7, 11) is 3.52. The molecule has 0 N–H and O–H groups in total. The zero-order valence-corrected chi connectivity index (χ0v) is 19.1. The molecule has 1 aromatic rings. The Kier molecular flexibility index (Phi) is 7.35. The zero-order chi connectivity index (χ0) is 20.1. The molecule has 2 saturated carbocycles. The molecule has 2 fully saturated rings. The summed E-state index contributed by atoms with van der Waals surface area (Å²) in [6.45, 7) is 0. The third-order valence-electron chi connectivity index (χ3n) is 7.24. The fourth-order valence-electron chi connectivity index (χ4n) is 5.90. The molecule has 3 aliphatic carbocycles. The summed E-state index contributed by atoms with van der Waals surface area (Å²) in [6.07, 6.45) is 23.9. The van der Waals surface area contributed by atoms with Gasteiger partial charge in [-0.25, -0.2) is 0 Å². The zero-order valence-electron chi connectivity index (χ0n) is 18.2. The number of allylic oxidation sites excluding steroid dienone is 4. The lowest BCUT2D eigenvalue weighted by Crippen LogP contribution is -2.29. The molecule has 0 heterocycles. The first kappa shape index (κ1) is 21.0. The van der Waals surface area contributed by atoms with Gasteiger partial charge in [0, 0.05) is 17.1 Å². The molecule has 2 atom stereocenters. The molecule has 0 amide bonds. The third-order valence-corrected chi connectivity index (χ3v) is 11.1. The van der Waals surface area contributed by atoms with Gasteiger partial charge in [-0.3, -0.25) is 0 Å². The molecule has 2 unspecified atom stereocenters. The van der Waals surface area contributed by atoms with E-state index in [1.54, 1.807) is 14.2 Å². The monoisotopic (exact) mass is 412 g/mol. The normalized spacial score (nSPS) is 26.0. The van der Waals surface area contributed by atoms with Crippen LogP contribution < -0.4 is 9.47 Å². The lowest BCUT2D eigenvalue weighted by Gasteiger charge is -2.45. The van der Waals surface area contributed by atoms with E-state index in [0.29, 0.717) is 11.6 Å². The summed E-state index contributed by atoms with van der Waals surface area (Å²) in [5.74, 6) is 2.31. The van der Waals surface area contributed by atoms with Crippen molar-refractivity contribution < 1.29 is 9.47 Å².